The second-order valence-corrected chi connectivity index (χ2v) is 9.75. The minimum atomic E-state index is -0.528. The molecule has 0 spiro atoms. The first-order chi connectivity index (χ1) is 17.6. The van der Waals surface area contributed by atoms with Crippen LogP contribution in [0.5, 0.6) is 11.5 Å². The van der Waals surface area contributed by atoms with E-state index in [-0.39, 0.29) is 25.4 Å². The average molecular weight is 567 g/mol. The highest BCUT2D eigenvalue weighted by molar-refractivity contribution is 9.10. The van der Waals surface area contributed by atoms with Crippen LogP contribution < -0.4 is 15.4 Å². The Kier molecular flexibility index (Phi) is 9.85. The van der Waals surface area contributed by atoms with E-state index in [0.717, 1.165) is 26.9 Å². The number of ether oxygens (including phenoxy) is 2. The van der Waals surface area contributed by atoms with Crippen LogP contribution in [-0.4, -0.2) is 24.4 Å². The van der Waals surface area contributed by atoms with E-state index in [0.29, 0.717) is 23.5 Å². The number of halogens is 1. The Balaban J connectivity index is 1.35. The first-order valence-corrected chi connectivity index (χ1v) is 12.8. The van der Waals surface area contributed by atoms with Crippen molar-refractivity contribution in [2.24, 2.45) is 0 Å². The highest BCUT2D eigenvalue weighted by Gasteiger charge is 2.12. The van der Waals surface area contributed by atoms with Gasteiger partial charge < -0.3 is 20.1 Å². The third-order valence-corrected chi connectivity index (χ3v) is 6.64. The molecule has 2 amide bonds. The second kappa shape index (κ2) is 13.1. The molecule has 0 fully saturated rings. The SMILES string of the molecule is Cc1ccc(Oc2ccc(NC(=O)CCCC(=O)OCC(=O)Nc3cc(C)c(Br)cc3C)cc2)cc1C. The number of amides is 2. The molecule has 0 bridgehead atoms. The maximum atomic E-state index is 12.2. The van der Waals surface area contributed by atoms with Crippen molar-refractivity contribution in [3.8, 4) is 11.5 Å². The predicted molar refractivity (Wildman–Crippen MR) is 148 cm³/mol. The Labute approximate surface area is 225 Å². The summed E-state index contributed by atoms with van der Waals surface area (Å²) < 4.78 is 11.9. The van der Waals surface area contributed by atoms with Crippen molar-refractivity contribution in [2.75, 3.05) is 17.2 Å². The van der Waals surface area contributed by atoms with Gasteiger partial charge in [0.05, 0.1) is 0 Å². The van der Waals surface area contributed by atoms with Gasteiger partial charge in [0.1, 0.15) is 11.5 Å². The van der Waals surface area contributed by atoms with Crippen LogP contribution in [0.2, 0.25) is 0 Å². The molecule has 3 aromatic carbocycles. The highest BCUT2D eigenvalue weighted by Crippen LogP contribution is 2.26. The Bertz CT molecular complexity index is 1290. The lowest BCUT2D eigenvalue weighted by molar-refractivity contribution is -0.147. The van der Waals surface area contributed by atoms with E-state index in [4.69, 9.17) is 9.47 Å². The lowest BCUT2D eigenvalue weighted by Gasteiger charge is -2.11. The summed E-state index contributed by atoms with van der Waals surface area (Å²) in [7, 11) is 0. The molecule has 8 heteroatoms. The van der Waals surface area contributed by atoms with E-state index in [1.54, 1.807) is 24.3 Å². The molecule has 0 radical (unpaired) electrons. The molecule has 37 heavy (non-hydrogen) atoms. The normalized spacial score (nSPS) is 10.5. The summed E-state index contributed by atoms with van der Waals surface area (Å²) in [6.07, 6.45) is 0.505. The van der Waals surface area contributed by atoms with Gasteiger partial charge >= 0.3 is 5.97 Å². The zero-order valence-corrected chi connectivity index (χ0v) is 23.0. The van der Waals surface area contributed by atoms with Gasteiger partial charge in [-0.1, -0.05) is 22.0 Å². The van der Waals surface area contributed by atoms with E-state index < -0.39 is 11.9 Å². The van der Waals surface area contributed by atoms with Gasteiger partial charge in [0.25, 0.3) is 5.91 Å². The summed E-state index contributed by atoms with van der Waals surface area (Å²) in [4.78, 5) is 36.3. The van der Waals surface area contributed by atoms with Crippen LogP contribution in [0.25, 0.3) is 0 Å². The first-order valence-electron chi connectivity index (χ1n) is 12.0. The fraction of sp³-hybridized carbons (Fsp3) is 0.276. The zero-order valence-electron chi connectivity index (χ0n) is 21.4. The van der Waals surface area contributed by atoms with Crippen LogP contribution in [0.3, 0.4) is 0 Å². The molecule has 0 aliphatic heterocycles. The van der Waals surface area contributed by atoms with Gasteiger partial charge in [0.15, 0.2) is 6.61 Å². The molecule has 3 rings (SSSR count). The smallest absolute Gasteiger partial charge is 0.306 e. The molecule has 194 valence electrons. The number of carbonyl (C=O) groups excluding carboxylic acids is 3. The van der Waals surface area contributed by atoms with Crippen LogP contribution >= 0.6 is 15.9 Å². The van der Waals surface area contributed by atoms with Crippen LogP contribution in [0.15, 0.2) is 59.1 Å². The lowest BCUT2D eigenvalue weighted by Crippen LogP contribution is -2.21. The van der Waals surface area contributed by atoms with Gasteiger partial charge in [-0.25, -0.2) is 0 Å². The van der Waals surface area contributed by atoms with Gasteiger partial charge in [-0.15, -0.1) is 0 Å². The second-order valence-electron chi connectivity index (χ2n) is 8.90. The Morgan fingerprint density at radius 1 is 0.730 bits per heavy atom. The van der Waals surface area contributed by atoms with Crippen LogP contribution in [-0.2, 0) is 19.1 Å². The molecule has 0 atom stereocenters. The molecule has 0 saturated heterocycles. The largest absolute Gasteiger partial charge is 0.457 e. The third kappa shape index (κ3) is 8.75. The number of aryl methyl sites for hydroxylation is 4. The zero-order chi connectivity index (χ0) is 26.9. The maximum absolute atomic E-state index is 12.2. The third-order valence-electron chi connectivity index (χ3n) is 5.78. The highest BCUT2D eigenvalue weighted by atomic mass is 79.9. The number of hydrogen-bond donors (Lipinski definition) is 2. The van der Waals surface area contributed by atoms with Crippen LogP contribution in [0.1, 0.15) is 41.5 Å². The summed E-state index contributed by atoms with van der Waals surface area (Å²) in [5.41, 5.74) is 5.54. The Morgan fingerprint density at radius 2 is 1.43 bits per heavy atom. The van der Waals surface area contributed by atoms with Gasteiger partial charge in [0, 0.05) is 28.7 Å². The fourth-order valence-electron chi connectivity index (χ4n) is 3.46. The number of nitrogens with one attached hydrogen (secondary N) is 2. The van der Waals surface area contributed by atoms with Crippen LogP contribution in [0.4, 0.5) is 11.4 Å². The molecule has 0 aliphatic carbocycles. The first kappa shape index (κ1) is 27.9. The van der Waals surface area contributed by atoms with E-state index in [1.807, 2.05) is 58.0 Å². The molecule has 0 heterocycles. The fourth-order valence-corrected chi connectivity index (χ4v) is 3.91. The van der Waals surface area contributed by atoms with E-state index in [1.165, 1.54) is 5.56 Å². The molecule has 7 nitrogen and oxygen atoms in total. The molecule has 3 aromatic rings. The number of anilines is 2. The summed E-state index contributed by atoms with van der Waals surface area (Å²) in [5, 5.41) is 5.55. The maximum Gasteiger partial charge on any atom is 0.306 e. The molecular formula is C29H31BrN2O5. The van der Waals surface area contributed by atoms with E-state index in [2.05, 4.69) is 26.6 Å². The molecule has 0 aliphatic rings. The van der Waals surface area contributed by atoms with Crippen molar-refractivity contribution in [3.63, 3.8) is 0 Å². The van der Waals surface area contributed by atoms with Crippen molar-refractivity contribution >= 4 is 45.1 Å². The van der Waals surface area contributed by atoms with Gasteiger partial charge in [0.2, 0.25) is 5.91 Å². The van der Waals surface area contributed by atoms with Crippen LogP contribution in [0, 0.1) is 27.7 Å². The average Bonchev–Trinajstić information content (AvgIpc) is 2.85. The van der Waals surface area contributed by atoms with Crippen molar-refractivity contribution in [1.82, 2.24) is 0 Å². The standard InChI is InChI=1S/C29H31BrN2O5/c1-18-8-11-24(14-19(18)2)37-23-12-9-22(10-13-23)31-27(33)6-5-7-29(35)36-17-28(34)32-26-16-20(3)25(30)15-21(26)4/h8-16H,5-7,17H2,1-4H3,(H,31,33)(H,32,34). The van der Waals surface area contributed by atoms with Crippen molar-refractivity contribution in [2.45, 2.75) is 47.0 Å². The quantitative estimate of drug-likeness (QED) is 0.264. The van der Waals surface area contributed by atoms with Crippen molar-refractivity contribution in [1.29, 1.82) is 0 Å². The summed E-state index contributed by atoms with van der Waals surface area (Å²) in [6, 6.07) is 16.8. The topological polar surface area (TPSA) is 93.7 Å². The number of hydrogen-bond acceptors (Lipinski definition) is 5. The van der Waals surface area contributed by atoms with Gasteiger partial charge in [-0.3, -0.25) is 14.4 Å². The predicted octanol–water partition coefficient (Wildman–Crippen LogP) is 6.77. The summed E-state index contributed by atoms with van der Waals surface area (Å²) in [6.45, 7) is 7.50. The molecular weight excluding hydrogens is 536 g/mol. The number of benzene rings is 3. The monoisotopic (exact) mass is 566 g/mol. The number of rotatable bonds is 10. The minimum absolute atomic E-state index is 0.0415. The molecule has 0 saturated carbocycles. The van der Waals surface area contributed by atoms with E-state index in [9.17, 15) is 14.4 Å². The molecule has 2 N–H and O–H groups in total. The minimum Gasteiger partial charge on any atom is -0.457 e. The van der Waals surface area contributed by atoms with E-state index >= 15 is 0 Å². The summed E-state index contributed by atoms with van der Waals surface area (Å²) in [5.74, 6) is 0.260. The summed E-state index contributed by atoms with van der Waals surface area (Å²) >= 11 is 3.45. The number of esters is 1. The van der Waals surface area contributed by atoms with Crippen molar-refractivity contribution in [3.05, 3.63) is 81.3 Å². The van der Waals surface area contributed by atoms with Crippen molar-refractivity contribution < 1.29 is 23.9 Å². The Morgan fingerprint density at radius 3 is 2.14 bits per heavy atom. The number of carbonyl (C=O) groups is 3. The molecule has 0 aromatic heterocycles. The van der Waals surface area contributed by atoms with Gasteiger partial charge in [-0.2, -0.15) is 0 Å². The molecule has 0 unspecified atom stereocenters. The Hall–Kier alpha value is -3.65. The van der Waals surface area contributed by atoms with Gasteiger partial charge in [-0.05, 0) is 105 Å². The lowest BCUT2D eigenvalue weighted by atomic mass is 10.1.